The van der Waals surface area contributed by atoms with Crippen LogP contribution in [0.2, 0.25) is 0 Å². The smallest absolute Gasteiger partial charge is 0.265 e. The van der Waals surface area contributed by atoms with Gasteiger partial charge in [0.1, 0.15) is 16.7 Å². The standard InChI is InChI=1S/C16H16NOS.C7H8O3S/c1-3-17-14-10-11-18-16(14)19-15(17)9-8-13-6-4-12(2)5-7-13;1-6-2-4-7(5-3-6)11(8,9)10/h4-11H,3H2,1-2H3;2-5H,1H3,(H,8,9,10)/q+1;/p-1. The van der Waals surface area contributed by atoms with E-state index in [1.165, 1.54) is 33.8 Å². The molecule has 0 spiro atoms. The van der Waals surface area contributed by atoms with Crippen LogP contribution in [0.3, 0.4) is 0 Å². The van der Waals surface area contributed by atoms with E-state index in [1.807, 2.05) is 13.0 Å². The third kappa shape index (κ3) is 5.44. The zero-order chi connectivity index (χ0) is 21.7. The average Bonchev–Trinajstić information content (AvgIpc) is 3.28. The molecule has 0 aliphatic carbocycles. The Morgan fingerprint density at radius 2 is 1.57 bits per heavy atom. The van der Waals surface area contributed by atoms with Crippen LogP contribution in [0.25, 0.3) is 22.6 Å². The third-order valence-electron chi connectivity index (χ3n) is 4.49. The molecule has 30 heavy (non-hydrogen) atoms. The second kappa shape index (κ2) is 9.38. The zero-order valence-corrected chi connectivity index (χ0v) is 18.7. The Morgan fingerprint density at radius 3 is 2.13 bits per heavy atom. The molecule has 0 atom stereocenters. The Balaban J connectivity index is 0.000000199. The van der Waals surface area contributed by atoms with Gasteiger partial charge in [-0.1, -0.05) is 47.5 Å². The minimum absolute atomic E-state index is 0.178. The Bertz CT molecular complexity index is 1250. The minimum Gasteiger partial charge on any atom is -0.744 e. The molecule has 2 aromatic carbocycles. The number of benzene rings is 2. The maximum absolute atomic E-state index is 10.4. The number of rotatable bonds is 4. The Morgan fingerprint density at radius 1 is 0.967 bits per heavy atom. The monoisotopic (exact) mass is 441 g/mol. The van der Waals surface area contributed by atoms with Crippen molar-refractivity contribution in [3.05, 3.63) is 82.6 Å². The number of nitrogens with zero attached hydrogens (tertiary/aromatic N) is 1. The lowest BCUT2D eigenvalue weighted by Gasteiger charge is -2.05. The summed E-state index contributed by atoms with van der Waals surface area (Å²) in [5.74, 6) is 0. The van der Waals surface area contributed by atoms with Crippen LogP contribution in [0.5, 0.6) is 0 Å². The van der Waals surface area contributed by atoms with Crippen LogP contribution in [-0.2, 0) is 16.7 Å². The first-order chi connectivity index (χ1) is 14.3. The van der Waals surface area contributed by atoms with Gasteiger partial charge in [0.25, 0.3) is 15.4 Å². The molecular weight excluding hydrogens is 418 g/mol. The van der Waals surface area contributed by atoms with E-state index >= 15 is 0 Å². The summed E-state index contributed by atoms with van der Waals surface area (Å²) in [5, 5.41) is 1.22. The van der Waals surface area contributed by atoms with E-state index in [0.29, 0.717) is 0 Å². The van der Waals surface area contributed by atoms with E-state index in [2.05, 4.69) is 54.8 Å². The Kier molecular flexibility index (Phi) is 6.87. The van der Waals surface area contributed by atoms with Gasteiger partial charge in [-0.05, 0) is 55.9 Å². The number of aromatic nitrogens is 1. The molecule has 0 fully saturated rings. The summed E-state index contributed by atoms with van der Waals surface area (Å²) in [6.07, 6.45) is 6.06. The van der Waals surface area contributed by atoms with Crippen molar-refractivity contribution < 1.29 is 22.0 Å². The SMILES string of the molecule is CC[n+]1c(C=Cc2ccc(C)cc2)sc2occc21.Cc1ccc(S(=O)(=O)[O-])cc1. The summed E-state index contributed by atoms with van der Waals surface area (Å²) >= 11 is 1.69. The quantitative estimate of drug-likeness (QED) is 0.323. The molecule has 4 aromatic rings. The van der Waals surface area contributed by atoms with Crippen LogP contribution >= 0.6 is 11.3 Å². The van der Waals surface area contributed by atoms with Gasteiger partial charge in [0.05, 0.1) is 17.2 Å². The largest absolute Gasteiger partial charge is 0.744 e. The predicted octanol–water partition coefficient (Wildman–Crippen LogP) is 5.18. The number of thiazole rings is 1. The number of furan rings is 1. The fourth-order valence-electron chi connectivity index (χ4n) is 2.83. The summed E-state index contributed by atoms with van der Waals surface area (Å²) < 4.78 is 38.9. The molecule has 7 heteroatoms. The van der Waals surface area contributed by atoms with Crippen molar-refractivity contribution in [3.63, 3.8) is 0 Å². The molecule has 0 N–H and O–H groups in total. The number of hydrogen-bond acceptors (Lipinski definition) is 5. The van der Waals surface area contributed by atoms with Crippen molar-refractivity contribution in [2.45, 2.75) is 32.2 Å². The van der Waals surface area contributed by atoms with Gasteiger partial charge in [-0.3, -0.25) is 0 Å². The van der Waals surface area contributed by atoms with Gasteiger partial charge in [-0.15, -0.1) is 0 Å². The van der Waals surface area contributed by atoms with E-state index < -0.39 is 10.1 Å². The van der Waals surface area contributed by atoms with Crippen LogP contribution in [0.4, 0.5) is 0 Å². The number of aryl methyl sites for hydroxylation is 3. The molecule has 5 nitrogen and oxygen atoms in total. The second-order valence-electron chi connectivity index (χ2n) is 6.79. The van der Waals surface area contributed by atoms with Crippen molar-refractivity contribution in [1.82, 2.24) is 0 Å². The first kappa shape index (κ1) is 22.0. The molecule has 0 amide bonds. The summed E-state index contributed by atoms with van der Waals surface area (Å²) in [6.45, 7) is 7.03. The molecule has 0 radical (unpaired) electrons. The fraction of sp³-hybridized carbons (Fsp3) is 0.174. The molecular formula is C23H23NO4S2. The maximum Gasteiger partial charge on any atom is 0.265 e. The van der Waals surface area contributed by atoms with Crippen molar-refractivity contribution in [1.29, 1.82) is 0 Å². The molecule has 2 aromatic heterocycles. The normalized spacial score (nSPS) is 11.6. The van der Waals surface area contributed by atoms with Gasteiger partial charge in [0.2, 0.25) is 0 Å². The van der Waals surface area contributed by atoms with Crippen molar-refractivity contribution in [2.75, 3.05) is 0 Å². The van der Waals surface area contributed by atoms with E-state index in [9.17, 15) is 13.0 Å². The summed E-state index contributed by atoms with van der Waals surface area (Å²) in [7, 11) is -4.27. The van der Waals surface area contributed by atoms with Gasteiger partial charge in [0.15, 0.2) is 0 Å². The lowest BCUT2D eigenvalue weighted by Crippen LogP contribution is -2.33. The van der Waals surface area contributed by atoms with E-state index in [-0.39, 0.29) is 4.90 Å². The number of fused-ring (bicyclic) bond motifs is 1. The van der Waals surface area contributed by atoms with Crippen LogP contribution in [0.15, 0.2) is 70.2 Å². The second-order valence-corrected chi connectivity index (χ2v) is 9.16. The van der Waals surface area contributed by atoms with E-state index in [0.717, 1.165) is 17.0 Å². The molecule has 0 unspecified atom stereocenters. The van der Waals surface area contributed by atoms with Gasteiger partial charge in [0, 0.05) is 6.08 Å². The van der Waals surface area contributed by atoms with Gasteiger partial charge >= 0.3 is 0 Å². The molecule has 2 heterocycles. The van der Waals surface area contributed by atoms with Crippen molar-refractivity contribution in [2.24, 2.45) is 0 Å². The van der Waals surface area contributed by atoms with Gasteiger partial charge < -0.3 is 8.97 Å². The Labute approximate surface area is 180 Å². The van der Waals surface area contributed by atoms with Crippen molar-refractivity contribution >= 4 is 44.0 Å². The van der Waals surface area contributed by atoms with Gasteiger partial charge in [-0.25, -0.2) is 8.42 Å². The Hall–Kier alpha value is -2.74. The highest BCUT2D eigenvalue weighted by atomic mass is 32.2. The van der Waals surface area contributed by atoms with E-state index in [1.54, 1.807) is 29.7 Å². The molecule has 0 aliphatic heterocycles. The molecule has 0 saturated carbocycles. The molecule has 0 bridgehead atoms. The predicted molar refractivity (Wildman–Crippen MR) is 119 cm³/mol. The highest BCUT2D eigenvalue weighted by molar-refractivity contribution is 7.85. The third-order valence-corrected chi connectivity index (χ3v) is 6.39. The lowest BCUT2D eigenvalue weighted by atomic mass is 10.1. The highest BCUT2D eigenvalue weighted by Gasteiger charge is 2.18. The van der Waals surface area contributed by atoms with Gasteiger partial charge in [-0.2, -0.15) is 4.57 Å². The zero-order valence-electron chi connectivity index (χ0n) is 17.0. The molecule has 0 saturated heterocycles. The maximum atomic E-state index is 10.4. The van der Waals surface area contributed by atoms with Crippen molar-refractivity contribution in [3.8, 4) is 0 Å². The summed E-state index contributed by atoms with van der Waals surface area (Å²) in [4.78, 5) is 0.813. The minimum atomic E-state index is -4.27. The molecule has 156 valence electrons. The fourth-order valence-corrected chi connectivity index (χ4v) is 4.35. The summed E-state index contributed by atoms with van der Waals surface area (Å²) in [5.41, 5.74) is 4.61. The topological polar surface area (TPSA) is 74.2 Å². The highest BCUT2D eigenvalue weighted by Crippen LogP contribution is 2.23. The summed E-state index contributed by atoms with van der Waals surface area (Å²) in [6, 6.07) is 16.4. The number of hydrogen-bond donors (Lipinski definition) is 0. The first-order valence-electron chi connectivity index (χ1n) is 9.45. The lowest BCUT2D eigenvalue weighted by molar-refractivity contribution is -0.665. The average molecular weight is 442 g/mol. The van der Waals surface area contributed by atoms with Crippen LogP contribution in [-0.4, -0.2) is 13.0 Å². The van der Waals surface area contributed by atoms with E-state index in [4.69, 9.17) is 4.42 Å². The van der Waals surface area contributed by atoms with Crippen LogP contribution < -0.4 is 4.57 Å². The first-order valence-corrected chi connectivity index (χ1v) is 11.7. The van der Waals surface area contributed by atoms with Crippen LogP contribution in [0, 0.1) is 13.8 Å². The van der Waals surface area contributed by atoms with Crippen LogP contribution in [0.1, 0.15) is 28.6 Å². The molecule has 0 aliphatic rings. The molecule has 4 rings (SSSR count).